The van der Waals surface area contributed by atoms with Gasteiger partial charge in [-0.05, 0) is 29.8 Å². The first-order valence-corrected chi connectivity index (χ1v) is 8.53. The van der Waals surface area contributed by atoms with Gasteiger partial charge in [0.25, 0.3) is 0 Å². The van der Waals surface area contributed by atoms with E-state index in [-0.39, 0.29) is 22.8 Å². The summed E-state index contributed by atoms with van der Waals surface area (Å²) >= 11 is 0. The number of anilines is 1. The standard InChI is InChI=1S/C16H15F2NO3S/c1-2-23(21,22)13-6-3-11(4-7-13)9-16(20)19-15-8-5-12(17)10-14(15)18/h3-8,10H,2,9H2,1H3,(H,19,20). The predicted molar refractivity (Wildman–Crippen MR) is 82.9 cm³/mol. The highest BCUT2D eigenvalue weighted by Crippen LogP contribution is 2.16. The lowest BCUT2D eigenvalue weighted by Gasteiger charge is -2.07. The van der Waals surface area contributed by atoms with Crippen molar-refractivity contribution in [1.82, 2.24) is 0 Å². The maximum absolute atomic E-state index is 13.5. The van der Waals surface area contributed by atoms with Crippen LogP contribution in [-0.2, 0) is 21.1 Å². The fourth-order valence-electron chi connectivity index (χ4n) is 1.95. The van der Waals surface area contributed by atoms with Crippen molar-refractivity contribution >= 4 is 21.4 Å². The van der Waals surface area contributed by atoms with E-state index >= 15 is 0 Å². The molecule has 0 saturated heterocycles. The maximum Gasteiger partial charge on any atom is 0.228 e. The number of benzene rings is 2. The van der Waals surface area contributed by atoms with E-state index < -0.39 is 27.4 Å². The summed E-state index contributed by atoms with van der Waals surface area (Å²) in [5.41, 5.74) is 0.474. The molecule has 4 nitrogen and oxygen atoms in total. The van der Waals surface area contributed by atoms with E-state index in [4.69, 9.17) is 0 Å². The van der Waals surface area contributed by atoms with Gasteiger partial charge in [0.2, 0.25) is 5.91 Å². The SMILES string of the molecule is CCS(=O)(=O)c1ccc(CC(=O)Nc2ccc(F)cc2F)cc1. The Morgan fingerprint density at radius 1 is 1.09 bits per heavy atom. The van der Waals surface area contributed by atoms with Crippen molar-refractivity contribution in [2.45, 2.75) is 18.2 Å². The van der Waals surface area contributed by atoms with Crippen LogP contribution in [0, 0.1) is 11.6 Å². The maximum atomic E-state index is 13.5. The van der Waals surface area contributed by atoms with E-state index in [0.717, 1.165) is 12.1 Å². The lowest BCUT2D eigenvalue weighted by atomic mass is 10.1. The number of hydrogen-bond acceptors (Lipinski definition) is 3. The number of carbonyl (C=O) groups is 1. The number of rotatable bonds is 5. The Labute approximate surface area is 133 Å². The van der Waals surface area contributed by atoms with Crippen molar-refractivity contribution in [1.29, 1.82) is 0 Å². The molecular weight excluding hydrogens is 324 g/mol. The zero-order chi connectivity index (χ0) is 17.0. The van der Waals surface area contributed by atoms with Gasteiger partial charge in [0.05, 0.1) is 22.8 Å². The summed E-state index contributed by atoms with van der Waals surface area (Å²) < 4.78 is 49.6. The van der Waals surface area contributed by atoms with Crippen LogP contribution in [-0.4, -0.2) is 20.1 Å². The molecule has 7 heteroatoms. The Kier molecular flexibility index (Phi) is 5.10. The molecule has 0 aliphatic rings. The molecule has 2 aromatic rings. The molecule has 0 aromatic heterocycles. The summed E-state index contributed by atoms with van der Waals surface area (Å²) in [4.78, 5) is 12.1. The third-order valence-corrected chi connectivity index (χ3v) is 4.98. The molecule has 0 radical (unpaired) electrons. The van der Waals surface area contributed by atoms with Crippen LogP contribution in [0.15, 0.2) is 47.4 Å². The molecule has 0 aliphatic heterocycles. The largest absolute Gasteiger partial charge is 0.323 e. The van der Waals surface area contributed by atoms with Crippen molar-refractivity contribution in [2.75, 3.05) is 11.1 Å². The number of sulfone groups is 1. The van der Waals surface area contributed by atoms with Crippen molar-refractivity contribution < 1.29 is 22.0 Å². The number of hydrogen-bond donors (Lipinski definition) is 1. The Balaban J connectivity index is 2.06. The molecule has 0 bridgehead atoms. The highest BCUT2D eigenvalue weighted by molar-refractivity contribution is 7.91. The summed E-state index contributed by atoms with van der Waals surface area (Å²) in [5.74, 6) is -2.07. The summed E-state index contributed by atoms with van der Waals surface area (Å²) in [7, 11) is -3.29. The summed E-state index contributed by atoms with van der Waals surface area (Å²) in [6, 6.07) is 8.79. The first kappa shape index (κ1) is 17.1. The van der Waals surface area contributed by atoms with Crippen LogP contribution < -0.4 is 5.32 Å². The molecule has 0 unspecified atom stereocenters. The van der Waals surface area contributed by atoms with Crippen molar-refractivity contribution in [3.63, 3.8) is 0 Å². The van der Waals surface area contributed by atoms with Gasteiger partial charge in [0, 0.05) is 6.07 Å². The first-order valence-electron chi connectivity index (χ1n) is 6.88. The van der Waals surface area contributed by atoms with E-state index in [9.17, 15) is 22.0 Å². The smallest absolute Gasteiger partial charge is 0.228 e. The topological polar surface area (TPSA) is 63.2 Å². The van der Waals surface area contributed by atoms with Crippen molar-refractivity contribution in [3.05, 3.63) is 59.7 Å². The van der Waals surface area contributed by atoms with E-state index in [1.807, 2.05) is 0 Å². The van der Waals surface area contributed by atoms with Gasteiger partial charge in [-0.1, -0.05) is 19.1 Å². The minimum Gasteiger partial charge on any atom is -0.323 e. The second kappa shape index (κ2) is 6.87. The summed E-state index contributed by atoms with van der Waals surface area (Å²) in [6.45, 7) is 1.55. The molecule has 0 heterocycles. The normalized spacial score (nSPS) is 11.3. The van der Waals surface area contributed by atoms with Crippen LogP contribution in [0.1, 0.15) is 12.5 Å². The van der Waals surface area contributed by atoms with Crippen LogP contribution in [0.25, 0.3) is 0 Å². The Morgan fingerprint density at radius 3 is 2.30 bits per heavy atom. The number of carbonyl (C=O) groups excluding carboxylic acids is 1. The summed E-state index contributed by atoms with van der Waals surface area (Å²) in [6.07, 6.45) is -0.0523. The first-order chi connectivity index (χ1) is 10.8. The van der Waals surface area contributed by atoms with Crippen molar-refractivity contribution in [3.8, 4) is 0 Å². The fraction of sp³-hybridized carbons (Fsp3) is 0.188. The van der Waals surface area contributed by atoms with Gasteiger partial charge in [0.1, 0.15) is 11.6 Å². The second-order valence-electron chi connectivity index (χ2n) is 4.90. The molecule has 122 valence electrons. The van der Waals surface area contributed by atoms with Crippen LogP contribution in [0.5, 0.6) is 0 Å². The molecule has 2 aromatic carbocycles. The van der Waals surface area contributed by atoms with E-state index in [2.05, 4.69) is 5.32 Å². The quantitative estimate of drug-likeness (QED) is 0.911. The highest BCUT2D eigenvalue weighted by atomic mass is 32.2. The number of amides is 1. The Morgan fingerprint density at radius 2 is 1.74 bits per heavy atom. The van der Waals surface area contributed by atoms with Gasteiger partial charge in [-0.2, -0.15) is 0 Å². The average molecular weight is 339 g/mol. The van der Waals surface area contributed by atoms with Gasteiger partial charge in [-0.15, -0.1) is 0 Å². The van der Waals surface area contributed by atoms with Gasteiger partial charge >= 0.3 is 0 Å². The van der Waals surface area contributed by atoms with Gasteiger partial charge in [0.15, 0.2) is 9.84 Å². The molecule has 1 amide bonds. The zero-order valence-corrected chi connectivity index (χ0v) is 13.2. The minimum atomic E-state index is -3.29. The molecule has 0 aliphatic carbocycles. The molecule has 0 saturated carbocycles. The predicted octanol–water partition coefficient (Wildman–Crippen LogP) is 2.94. The highest BCUT2D eigenvalue weighted by Gasteiger charge is 2.12. The molecule has 23 heavy (non-hydrogen) atoms. The molecule has 0 fully saturated rings. The molecular formula is C16H15F2NO3S. The van der Waals surface area contributed by atoms with Gasteiger partial charge in [-0.25, -0.2) is 17.2 Å². The second-order valence-corrected chi connectivity index (χ2v) is 7.17. The third-order valence-electron chi connectivity index (χ3n) is 3.23. The fourth-order valence-corrected chi connectivity index (χ4v) is 2.84. The molecule has 1 N–H and O–H groups in total. The van der Waals surface area contributed by atoms with Crippen LogP contribution in [0.2, 0.25) is 0 Å². The lowest BCUT2D eigenvalue weighted by molar-refractivity contribution is -0.115. The number of nitrogens with one attached hydrogen (secondary N) is 1. The summed E-state index contributed by atoms with van der Waals surface area (Å²) in [5, 5.41) is 2.34. The van der Waals surface area contributed by atoms with E-state index in [1.165, 1.54) is 24.3 Å². The average Bonchev–Trinajstić information content (AvgIpc) is 2.50. The van der Waals surface area contributed by atoms with Gasteiger partial charge in [-0.3, -0.25) is 4.79 Å². The monoisotopic (exact) mass is 339 g/mol. The molecule has 0 spiro atoms. The lowest BCUT2D eigenvalue weighted by Crippen LogP contribution is -2.15. The van der Waals surface area contributed by atoms with E-state index in [0.29, 0.717) is 11.6 Å². The zero-order valence-electron chi connectivity index (χ0n) is 12.3. The van der Waals surface area contributed by atoms with Crippen molar-refractivity contribution in [2.24, 2.45) is 0 Å². The Bertz CT molecular complexity index is 818. The third kappa shape index (κ3) is 4.35. The molecule has 2 rings (SSSR count). The van der Waals surface area contributed by atoms with Gasteiger partial charge < -0.3 is 5.32 Å². The van der Waals surface area contributed by atoms with Crippen LogP contribution >= 0.6 is 0 Å². The molecule has 0 atom stereocenters. The number of halogens is 2. The Hall–Kier alpha value is -2.28. The van der Waals surface area contributed by atoms with E-state index in [1.54, 1.807) is 6.92 Å². The van der Waals surface area contributed by atoms with Crippen LogP contribution in [0.4, 0.5) is 14.5 Å². The minimum absolute atomic E-state index is 0.00330. The van der Waals surface area contributed by atoms with Crippen LogP contribution in [0.3, 0.4) is 0 Å².